The van der Waals surface area contributed by atoms with Crippen molar-refractivity contribution in [1.29, 1.82) is 0 Å². The van der Waals surface area contributed by atoms with Gasteiger partial charge < -0.3 is 19.5 Å². The first kappa shape index (κ1) is 24.1. The van der Waals surface area contributed by atoms with Crippen molar-refractivity contribution < 1.29 is 19.0 Å². The molecule has 9 heteroatoms. The zero-order chi connectivity index (χ0) is 24.0. The molecule has 0 spiro atoms. The summed E-state index contributed by atoms with van der Waals surface area (Å²) in [4.78, 5) is 24.4. The van der Waals surface area contributed by atoms with Crippen LogP contribution in [0.2, 0.25) is 5.02 Å². The normalized spacial score (nSPS) is 10.6. The summed E-state index contributed by atoms with van der Waals surface area (Å²) in [7, 11) is 3.12. The molecule has 0 radical (unpaired) electrons. The van der Waals surface area contributed by atoms with Crippen LogP contribution in [0.15, 0.2) is 47.3 Å². The number of hydrogen-bond acceptors (Lipinski definition) is 6. The Labute approximate surface area is 197 Å². The number of halogens is 1. The highest BCUT2D eigenvalue weighted by molar-refractivity contribution is 6.32. The van der Waals surface area contributed by atoms with Gasteiger partial charge in [0.25, 0.3) is 11.5 Å². The molecule has 3 aromatic rings. The Bertz CT molecular complexity index is 1190. The van der Waals surface area contributed by atoms with Crippen LogP contribution >= 0.6 is 11.6 Å². The Morgan fingerprint density at radius 1 is 1.03 bits per heavy atom. The number of hydrogen-bond donors (Lipinski definition) is 1. The largest absolute Gasteiger partial charge is 0.493 e. The number of rotatable bonds is 9. The summed E-state index contributed by atoms with van der Waals surface area (Å²) >= 11 is 6.15. The number of benzene rings is 2. The zero-order valence-electron chi connectivity index (χ0n) is 19.0. The highest BCUT2D eigenvalue weighted by Crippen LogP contribution is 2.31. The second-order valence-electron chi connectivity index (χ2n) is 7.36. The van der Waals surface area contributed by atoms with Gasteiger partial charge in [0.2, 0.25) is 0 Å². The van der Waals surface area contributed by atoms with Crippen LogP contribution in [0.3, 0.4) is 0 Å². The Kier molecular flexibility index (Phi) is 7.95. The second kappa shape index (κ2) is 10.9. The fourth-order valence-electron chi connectivity index (χ4n) is 3.25. The van der Waals surface area contributed by atoms with E-state index in [4.69, 9.17) is 25.8 Å². The second-order valence-corrected chi connectivity index (χ2v) is 7.74. The minimum Gasteiger partial charge on any atom is -0.493 e. The predicted molar refractivity (Wildman–Crippen MR) is 126 cm³/mol. The fourth-order valence-corrected chi connectivity index (χ4v) is 3.36. The zero-order valence-corrected chi connectivity index (χ0v) is 19.7. The molecule has 1 aromatic heterocycles. The van der Waals surface area contributed by atoms with E-state index >= 15 is 0 Å². The molecule has 1 amide bonds. The van der Waals surface area contributed by atoms with E-state index in [2.05, 4.69) is 10.4 Å². The topological polar surface area (TPSA) is 91.7 Å². The van der Waals surface area contributed by atoms with E-state index in [0.717, 1.165) is 16.7 Å². The number of aryl methyl sites for hydroxylation is 2. The summed E-state index contributed by atoms with van der Waals surface area (Å²) in [5.41, 5.74) is 2.86. The minimum atomic E-state index is -0.302. The van der Waals surface area contributed by atoms with Crippen LogP contribution in [-0.2, 0) is 11.3 Å². The van der Waals surface area contributed by atoms with Crippen molar-refractivity contribution in [3.63, 3.8) is 0 Å². The SMILES string of the molecule is COc1ccc(-c2ccc(=O)n(CCNC(=O)COc3cc(C)c(Cl)c(C)c3)n2)cc1OC. The lowest BCUT2D eigenvalue weighted by atomic mass is 10.1. The fraction of sp³-hybridized carbons (Fsp3) is 0.292. The smallest absolute Gasteiger partial charge is 0.266 e. The summed E-state index contributed by atoms with van der Waals surface area (Å²) in [6.45, 7) is 4.05. The number of carbonyl (C=O) groups excluding carboxylic acids is 1. The van der Waals surface area contributed by atoms with Gasteiger partial charge in [0.05, 0.1) is 26.5 Å². The third kappa shape index (κ3) is 6.04. The van der Waals surface area contributed by atoms with E-state index in [-0.39, 0.29) is 31.2 Å². The van der Waals surface area contributed by atoms with Crippen molar-refractivity contribution in [2.24, 2.45) is 0 Å². The molecule has 0 aliphatic heterocycles. The lowest BCUT2D eigenvalue weighted by Gasteiger charge is -2.12. The van der Waals surface area contributed by atoms with E-state index in [0.29, 0.717) is 28.0 Å². The third-order valence-corrected chi connectivity index (χ3v) is 5.57. The maximum Gasteiger partial charge on any atom is 0.266 e. The van der Waals surface area contributed by atoms with Gasteiger partial charge in [-0.3, -0.25) is 9.59 Å². The lowest BCUT2D eigenvalue weighted by Crippen LogP contribution is -2.34. The molecule has 0 unspecified atom stereocenters. The Balaban J connectivity index is 1.59. The van der Waals surface area contributed by atoms with Crippen LogP contribution in [0.25, 0.3) is 11.3 Å². The van der Waals surface area contributed by atoms with Crippen molar-refractivity contribution in [3.8, 4) is 28.5 Å². The van der Waals surface area contributed by atoms with Crippen LogP contribution in [0.5, 0.6) is 17.2 Å². The maximum atomic E-state index is 12.2. The molecular weight excluding hydrogens is 446 g/mol. The van der Waals surface area contributed by atoms with Crippen LogP contribution in [0.4, 0.5) is 0 Å². The molecule has 3 rings (SSSR count). The van der Waals surface area contributed by atoms with E-state index in [9.17, 15) is 9.59 Å². The quantitative estimate of drug-likeness (QED) is 0.514. The van der Waals surface area contributed by atoms with Gasteiger partial charge >= 0.3 is 0 Å². The molecule has 174 valence electrons. The van der Waals surface area contributed by atoms with Crippen LogP contribution in [0, 0.1) is 13.8 Å². The van der Waals surface area contributed by atoms with Crippen molar-refractivity contribution in [2.75, 3.05) is 27.4 Å². The number of nitrogens with one attached hydrogen (secondary N) is 1. The van der Waals surface area contributed by atoms with E-state index < -0.39 is 0 Å². The molecule has 0 aliphatic rings. The average molecular weight is 472 g/mol. The van der Waals surface area contributed by atoms with Crippen LogP contribution in [0.1, 0.15) is 11.1 Å². The van der Waals surface area contributed by atoms with Gasteiger partial charge in [-0.25, -0.2) is 4.68 Å². The Morgan fingerprint density at radius 2 is 1.73 bits per heavy atom. The first-order valence-corrected chi connectivity index (χ1v) is 10.7. The van der Waals surface area contributed by atoms with Crippen molar-refractivity contribution in [1.82, 2.24) is 15.1 Å². The van der Waals surface area contributed by atoms with Gasteiger partial charge in [0.1, 0.15) is 5.75 Å². The molecule has 0 fully saturated rings. The number of ether oxygens (including phenoxy) is 3. The molecule has 2 aromatic carbocycles. The average Bonchev–Trinajstić information content (AvgIpc) is 2.81. The van der Waals surface area contributed by atoms with Crippen LogP contribution < -0.4 is 25.1 Å². The van der Waals surface area contributed by atoms with Crippen molar-refractivity contribution >= 4 is 17.5 Å². The number of methoxy groups -OCH3 is 2. The van der Waals surface area contributed by atoms with E-state index in [1.54, 1.807) is 44.6 Å². The Morgan fingerprint density at radius 3 is 2.39 bits per heavy atom. The first-order chi connectivity index (χ1) is 15.8. The number of carbonyl (C=O) groups is 1. The van der Waals surface area contributed by atoms with Crippen molar-refractivity contribution in [3.05, 3.63) is 69.0 Å². The Hall–Kier alpha value is -3.52. The van der Waals surface area contributed by atoms with Gasteiger partial charge in [0, 0.05) is 23.2 Å². The molecule has 0 atom stereocenters. The van der Waals surface area contributed by atoms with Gasteiger partial charge in [-0.05, 0) is 61.4 Å². The predicted octanol–water partition coefficient (Wildman–Crippen LogP) is 3.39. The summed E-state index contributed by atoms with van der Waals surface area (Å²) < 4.78 is 17.4. The molecule has 33 heavy (non-hydrogen) atoms. The molecule has 1 N–H and O–H groups in total. The molecule has 1 heterocycles. The highest BCUT2D eigenvalue weighted by atomic mass is 35.5. The summed E-state index contributed by atoms with van der Waals surface area (Å²) in [6.07, 6.45) is 0. The third-order valence-electron chi connectivity index (χ3n) is 4.97. The summed E-state index contributed by atoms with van der Waals surface area (Å²) in [6, 6.07) is 12.0. The van der Waals surface area contributed by atoms with Gasteiger partial charge in [-0.2, -0.15) is 5.10 Å². The maximum absolute atomic E-state index is 12.2. The number of nitrogens with zero attached hydrogens (tertiary/aromatic N) is 2. The monoisotopic (exact) mass is 471 g/mol. The highest BCUT2D eigenvalue weighted by Gasteiger charge is 2.10. The van der Waals surface area contributed by atoms with Gasteiger partial charge in [0.15, 0.2) is 18.1 Å². The number of amides is 1. The van der Waals surface area contributed by atoms with Crippen LogP contribution in [-0.4, -0.2) is 43.1 Å². The molecular formula is C24H26ClN3O5. The van der Waals surface area contributed by atoms with Gasteiger partial charge in [-0.1, -0.05) is 11.6 Å². The van der Waals surface area contributed by atoms with Gasteiger partial charge in [-0.15, -0.1) is 0 Å². The summed E-state index contributed by atoms with van der Waals surface area (Å²) in [5.74, 6) is 1.44. The first-order valence-electron chi connectivity index (χ1n) is 10.3. The van der Waals surface area contributed by atoms with Crippen molar-refractivity contribution in [2.45, 2.75) is 20.4 Å². The molecule has 0 saturated heterocycles. The lowest BCUT2D eigenvalue weighted by molar-refractivity contribution is -0.123. The van der Waals surface area contributed by atoms with E-state index in [1.165, 1.54) is 10.7 Å². The minimum absolute atomic E-state index is 0.144. The molecule has 0 aliphatic carbocycles. The number of aromatic nitrogens is 2. The molecule has 0 bridgehead atoms. The summed E-state index contributed by atoms with van der Waals surface area (Å²) in [5, 5.41) is 7.82. The van der Waals surface area contributed by atoms with E-state index in [1.807, 2.05) is 19.9 Å². The molecule has 8 nitrogen and oxygen atoms in total. The molecule has 0 saturated carbocycles. The standard InChI is InChI=1S/C24H26ClN3O5/c1-15-11-18(12-16(2)24(15)25)33-14-22(29)26-9-10-28-23(30)8-6-19(27-28)17-5-7-20(31-3)21(13-17)32-4/h5-8,11-13H,9-10,14H2,1-4H3,(H,26,29).